The van der Waals surface area contributed by atoms with Gasteiger partial charge >= 0.3 is 0 Å². The molecule has 3 nitrogen and oxygen atoms in total. The molecule has 2 aromatic carbocycles. The highest BCUT2D eigenvalue weighted by molar-refractivity contribution is 6.36. The molecule has 0 fully saturated rings. The molecule has 2 rings (SSSR count). The highest BCUT2D eigenvalue weighted by Gasteiger charge is 2.16. The Kier molecular flexibility index (Phi) is 6.46. The molecule has 0 aliphatic heterocycles. The van der Waals surface area contributed by atoms with Gasteiger partial charge in [-0.05, 0) is 44.3 Å². The van der Waals surface area contributed by atoms with E-state index in [1.165, 1.54) is 5.56 Å². The van der Waals surface area contributed by atoms with Crippen molar-refractivity contribution in [1.29, 1.82) is 0 Å². The van der Waals surface area contributed by atoms with Gasteiger partial charge in [0.25, 0.3) is 5.91 Å². The molecule has 0 spiro atoms. The van der Waals surface area contributed by atoms with Gasteiger partial charge in [-0.1, -0.05) is 53.5 Å². The van der Waals surface area contributed by atoms with Crippen molar-refractivity contribution in [2.45, 2.75) is 12.5 Å². The standard InChI is InChI=1S/C18H20Cl2N2O/c1-22(2)15(10-13-6-4-3-5-7-13)12-21-18(23)16-9-8-14(19)11-17(16)20/h3-9,11,15H,10,12H2,1-2H3,(H,21,23). The van der Waals surface area contributed by atoms with Crippen LogP contribution < -0.4 is 5.32 Å². The third-order valence-corrected chi connectivity index (χ3v) is 4.27. The van der Waals surface area contributed by atoms with Crippen LogP contribution in [-0.2, 0) is 6.42 Å². The van der Waals surface area contributed by atoms with Crippen LogP contribution in [0.4, 0.5) is 0 Å². The van der Waals surface area contributed by atoms with Crippen molar-refractivity contribution in [3.05, 3.63) is 69.7 Å². The number of nitrogens with zero attached hydrogens (tertiary/aromatic N) is 1. The largest absolute Gasteiger partial charge is 0.350 e. The molecule has 1 unspecified atom stereocenters. The smallest absolute Gasteiger partial charge is 0.252 e. The normalized spacial score (nSPS) is 12.2. The van der Waals surface area contributed by atoms with E-state index < -0.39 is 0 Å². The second kappa shape index (κ2) is 8.34. The zero-order valence-corrected chi connectivity index (χ0v) is 14.7. The van der Waals surface area contributed by atoms with Crippen molar-refractivity contribution in [2.24, 2.45) is 0 Å². The molecule has 0 aliphatic carbocycles. The van der Waals surface area contributed by atoms with E-state index in [1.54, 1.807) is 18.2 Å². The van der Waals surface area contributed by atoms with Gasteiger partial charge in [0.15, 0.2) is 0 Å². The van der Waals surface area contributed by atoms with Gasteiger partial charge in [-0.3, -0.25) is 4.79 Å². The van der Waals surface area contributed by atoms with Crippen molar-refractivity contribution in [3.8, 4) is 0 Å². The fourth-order valence-electron chi connectivity index (χ4n) is 2.30. The number of carbonyl (C=O) groups excluding carboxylic acids is 1. The van der Waals surface area contributed by atoms with Crippen LogP contribution in [0.5, 0.6) is 0 Å². The summed E-state index contributed by atoms with van der Waals surface area (Å²) in [5, 5.41) is 3.83. The molecule has 1 N–H and O–H groups in total. The average Bonchev–Trinajstić information content (AvgIpc) is 2.51. The number of amides is 1. The SMILES string of the molecule is CN(C)C(CNC(=O)c1ccc(Cl)cc1Cl)Cc1ccccc1. The first-order chi connectivity index (χ1) is 11.0. The fourth-order valence-corrected chi connectivity index (χ4v) is 2.80. The first kappa shape index (κ1) is 17.8. The third-order valence-electron chi connectivity index (χ3n) is 3.72. The predicted molar refractivity (Wildman–Crippen MR) is 96.4 cm³/mol. The van der Waals surface area contributed by atoms with E-state index in [0.29, 0.717) is 22.2 Å². The molecule has 0 aromatic heterocycles. The Morgan fingerprint density at radius 2 is 1.83 bits per heavy atom. The average molecular weight is 351 g/mol. The van der Waals surface area contributed by atoms with E-state index in [1.807, 2.05) is 32.3 Å². The van der Waals surface area contributed by atoms with E-state index in [9.17, 15) is 4.79 Å². The van der Waals surface area contributed by atoms with Gasteiger partial charge in [0.1, 0.15) is 0 Å². The molecule has 2 aromatic rings. The van der Waals surface area contributed by atoms with Gasteiger partial charge in [0.2, 0.25) is 0 Å². The maximum Gasteiger partial charge on any atom is 0.252 e. The minimum atomic E-state index is -0.188. The summed E-state index contributed by atoms with van der Waals surface area (Å²) in [6.45, 7) is 0.541. The number of nitrogens with one attached hydrogen (secondary N) is 1. The maximum absolute atomic E-state index is 12.3. The number of rotatable bonds is 6. The van der Waals surface area contributed by atoms with E-state index in [0.717, 1.165) is 6.42 Å². The third kappa shape index (κ3) is 5.24. The van der Waals surface area contributed by atoms with Crippen LogP contribution in [0.1, 0.15) is 15.9 Å². The Morgan fingerprint density at radius 1 is 1.13 bits per heavy atom. The van der Waals surface area contributed by atoms with Crippen LogP contribution in [0.25, 0.3) is 0 Å². The van der Waals surface area contributed by atoms with Gasteiger partial charge in [-0.25, -0.2) is 0 Å². The van der Waals surface area contributed by atoms with Gasteiger partial charge in [-0.15, -0.1) is 0 Å². The van der Waals surface area contributed by atoms with Crippen LogP contribution in [0.2, 0.25) is 10.0 Å². The molecule has 122 valence electrons. The summed E-state index contributed by atoms with van der Waals surface area (Å²) in [6, 6.07) is 15.3. The van der Waals surface area contributed by atoms with E-state index >= 15 is 0 Å². The second-order valence-electron chi connectivity index (χ2n) is 5.64. The van der Waals surface area contributed by atoms with Crippen molar-refractivity contribution in [1.82, 2.24) is 10.2 Å². The number of hydrogen-bond acceptors (Lipinski definition) is 2. The summed E-state index contributed by atoms with van der Waals surface area (Å²) >= 11 is 11.9. The second-order valence-corrected chi connectivity index (χ2v) is 6.48. The molecular weight excluding hydrogens is 331 g/mol. The van der Waals surface area contributed by atoms with E-state index in [-0.39, 0.29) is 11.9 Å². The minimum Gasteiger partial charge on any atom is -0.350 e. The summed E-state index contributed by atoms with van der Waals surface area (Å²) in [4.78, 5) is 14.4. The maximum atomic E-state index is 12.3. The van der Waals surface area contributed by atoms with Crippen LogP contribution in [0.3, 0.4) is 0 Å². The fraction of sp³-hybridized carbons (Fsp3) is 0.278. The number of hydrogen-bond donors (Lipinski definition) is 1. The Bertz CT molecular complexity index is 659. The summed E-state index contributed by atoms with van der Waals surface area (Å²) in [7, 11) is 4.02. The van der Waals surface area contributed by atoms with E-state index in [4.69, 9.17) is 23.2 Å². The van der Waals surface area contributed by atoms with Crippen molar-refractivity contribution < 1.29 is 4.79 Å². The summed E-state index contributed by atoms with van der Waals surface area (Å²) in [6.07, 6.45) is 0.864. The van der Waals surface area contributed by atoms with Crippen LogP contribution in [-0.4, -0.2) is 37.5 Å². The van der Waals surface area contributed by atoms with Gasteiger partial charge < -0.3 is 10.2 Å². The zero-order valence-electron chi connectivity index (χ0n) is 13.2. The van der Waals surface area contributed by atoms with E-state index in [2.05, 4.69) is 22.3 Å². The Morgan fingerprint density at radius 3 is 2.43 bits per heavy atom. The monoisotopic (exact) mass is 350 g/mol. The number of halogens is 2. The van der Waals surface area contributed by atoms with Crippen LogP contribution in [0.15, 0.2) is 48.5 Å². The molecule has 0 heterocycles. The molecule has 0 radical (unpaired) electrons. The molecule has 1 amide bonds. The molecular formula is C18H20Cl2N2O. The number of benzene rings is 2. The van der Waals surface area contributed by atoms with Crippen LogP contribution in [0, 0.1) is 0 Å². The molecule has 0 saturated carbocycles. The van der Waals surface area contributed by atoms with Gasteiger partial charge in [0, 0.05) is 17.6 Å². The van der Waals surface area contributed by atoms with Gasteiger partial charge in [0.05, 0.1) is 10.6 Å². The summed E-state index contributed by atoms with van der Waals surface area (Å²) in [5.41, 5.74) is 1.68. The number of likely N-dealkylation sites (N-methyl/N-ethyl adjacent to an activating group) is 1. The van der Waals surface area contributed by atoms with Crippen LogP contribution >= 0.6 is 23.2 Å². The number of carbonyl (C=O) groups is 1. The minimum absolute atomic E-state index is 0.188. The lowest BCUT2D eigenvalue weighted by molar-refractivity contribution is 0.0942. The Balaban J connectivity index is 1.99. The predicted octanol–water partition coefficient (Wildman–Crippen LogP) is 3.90. The molecule has 5 heteroatoms. The lowest BCUT2D eigenvalue weighted by Crippen LogP contribution is -2.41. The lowest BCUT2D eigenvalue weighted by atomic mass is 10.0. The van der Waals surface area contributed by atoms with Crippen molar-refractivity contribution >= 4 is 29.1 Å². The highest BCUT2D eigenvalue weighted by atomic mass is 35.5. The molecule has 0 aliphatic rings. The van der Waals surface area contributed by atoms with Crippen molar-refractivity contribution in [2.75, 3.05) is 20.6 Å². The summed E-state index contributed by atoms with van der Waals surface area (Å²) in [5.74, 6) is -0.188. The summed E-state index contributed by atoms with van der Waals surface area (Å²) < 4.78 is 0. The molecule has 1 atom stereocenters. The van der Waals surface area contributed by atoms with Gasteiger partial charge in [-0.2, -0.15) is 0 Å². The zero-order chi connectivity index (χ0) is 16.8. The first-order valence-corrected chi connectivity index (χ1v) is 8.16. The Hall–Kier alpha value is -1.55. The Labute approximate surface area is 147 Å². The highest BCUT2D eigenvalue weighted by Crippen LogP contribution is 2.20. The molecule has 0 saturated heterocycles. The lowest BCUT2D eigenvalue weighted by Gasteiger charge is -2.25. The quantitative estimate of drug-likeness (QED) is 0.856. The first-order valence-electron chi connectivity index (χ1n) is 7.41. The topological polar surface area (TPSA) is 32.3 Å². The van der Waals surface area contributed by atoms with Crippen molar-refractivity contribution in [3.63, 3.8) is 0 Å². The molecule has 23 heavy (non-hydrogen) atoms. The molecule has 0 bridgehead atoms.